The number of rotatable bonds is 6. The van der Waals surface area contributed by atoms with E-state index < -0.39 is 0 Å². The van der Waals surface area contributed by atoms with Crippen molar-refractivity contribution < 1.29 is 4.79 Å². The zero-order valence-electron chi connectivity index (χ0n) is 15.8. The van der Waals surface area contributed by atoms with E-state index in [9.17, 15) is 4.79 Å². The maximum Gasteiger partial charge on any atom is 0.234 e. The van der Waals surface area contributed by atoms with Crippen LogP contribution in [0.2, 0.25) is 5.02 Å². The Morgan fingerprint density at radius 3 is 2.40 bits per heavy atom. The van der Waals surface area contributed by atoms with Gasteiger partial charge in [-0.1, -0.05) is 69.6 Å². The van der Waals surface area contributed by atoms with Crippen LogP contribution in [0.5, 0.6) is 0 Å². The number of carbonyl (C=O) groups is 1. The lowest BCUT2D eigenvalue weighted by molar-refractivity contribution is -0.113. The number of anilines is 1. The number of thioether (sulfide) groups is 1. The zero-order chi connectivity index (χ0) is 20.9. The fourth-order valence-corrected chi connectivity index (χ4v) is 4.13. The van der Waals surface area contributed by atoms with Crippen molar-refractivity contribution in [3.05, 3.63) is 94.6 Å². The minimum atomic E-state index is -0.0814. The largest absolute Gasteiger partial charge is 0.325 e. The summed E-state index contributed by atoms with van der Waals surface area (Å²) >= 11 is 10.9. The predicted molar refractivity (Wildman–Crippen MR) is 128 cm³/mol. The van der Waals surface area contributed by atoms with Crippen molar-refractivity contribution in [1.82, 2.24) is 9.55 Å². The van der Waals surface area contributed by atoms with Crippen molar-refractivity contribution in [2.24, 2.45) is 0 Å². The van der Waals surface area contributed by atoms with E-state index >= 15 is 0 Å². The fourth-order valence-electron chi connectivity index (χ4n) is 2.95. The van der Waals surface area contributed by atoms with Gasteiger partial charge in [-0.2, -0.15) is 0 Å². The van der Waals surface area contributed by atoms with Crippen LogP contribution < -0.4 is 5.32 Å². The van der Waals surface area contributed by atoms with Gasteiger partial charge in [0, 0.05) is 26.4 Å². The molecule has 0 saturated carbocycles. The van der Waals surface area contributed by atoms with E-state index in [1.165, 1.54) is 11.8 Å². The highest BCUT2D eigenvalue weighted by Gasteiger charge is 2.16. The average molecular weight is 499 g/mol. The SMILES string of the molecule is O=C(CSc1ncc(-c2ccc(Br)cc2)n1-c1ccc(Cl)cc1)Nc1ccccc1. The van der Waals surface area contributed by atoms with Crippen LogP contribution in [-0.2, 0) is 4.79 Å². The van der Waals surface area contributed by atoms with Crippen LogP contribution in [0.15, 0.2) is 94.7 Å². The second-order valence-corrected chi connectivity index (χ2v) is 8.74. The molecule has 30 heavy (non-hydrogen) atoms. The Balaban J connectivity index is 1.61. The number of imidazole rings is 1. The smallest absolute Gasteiger partial charge is 0.234 e. The minimum Gasteiger partial charge on any atom is -0.325 e. The molecule has 0 aliphatic carbocycles. The molecule has 0 aliphatic heterocycles. The van der Waals surface area contributed by atoms with Gasteiger partial charge in [-0.15, -0.1) is 0 Å². The van der Waals surface area contributed by atoms with Gasteiger partial charge in [0.1, 0.15) is 0 Å². The van der Waals surface area contributed by atoms with Crippen molar-refractivity contribution in [3.63, 3.8) is 0 Å². The lowest BCUT2D eigenvalue weighted by atomic mass is 10.1. The van der Waals surface area contributed by atoms with Crippen LogP contribution in [0.1, 0.15) is 0 Å². The number of carbonyl (C=O) groups excluding carboxylic acids is 1. The average Bonchev–Trinajstić information content (AvgIpc) is 3.18. The van der Waals surface area contributed by atoms with Crippen LogP contribution >= 0.6 is 39.3 Å². The van der Waals surface area contributed by atoms with Gasteiger partial charge in [0.25, 0.3) is 0 Å². The molecule has 0 atom stereocenters. The van der Waals surface area contributed by atoms with Gasteiger partial charge < -0.3 is 5.32 Å². The van der Waals surface area contributed by atoms with E-state index in [-0.39, 0.29) is 11.7 Å². The van der Waals surface area contributed by atoms with Crippen molar-refractivity contribution in [2.45, 2.75) is 5.16 Å². The third kappa shape index (κ3) is 4.95. The van der Waals surface area contributed by atoms with E-state index in [0.717, 1.165) is 32.3 Å². The van der Waals surface area contributed by atoms with Gasteiger partial charge in [-0.05, 0) is 48.5 Å². The summed E-state index contributed by atoms with van der Waals surface area (Å²) in [5, 5.41) is 4.31. The normalized spacial score (nSPS) is 10.7. The van der Waals surface area contributed by atoms with Crippen molar-refractivity contribution in [3.8, 4) is 16.9 Å². The number of hydrogen-bond acceptors (Lipinski definition) is 3. The number of benzene rings is 3. The molecular weight excluding hydrogens is 482 g/mol. The first-order valence-corrected chi connectivity index (χ1v) is 11.3. The van der Waals surface area contributed by atoms with E-state index in [0.29, 0.717) is 5.02 Å². The van der Waals surface area contributed by atoms with Crippen molar-refractivity contribution in [1.29, 1.82) is 0 Å². The maximum atomic E-state index is 12.4. The Morgan fingerprint density at radius 1 is 1.00 bits per heavy atom. The Bertz CT molecular complexity index is 1150. The topological polar surface area (TPSA) is 46.9 Å². The first-order chi connectivity index (χ1) is 14.6. The Hall–Kier alpha value is -2.54. The summed E-state index contributed by atoms with van der Waals surface area (Å²) in [6.45, 7) is 0. The summed E-state index contributed by atoms with van der Waals surface area (Å²) in [4.78, 5) is 17.0. The standard InChI is InChI=1S/C23H17BrClN3OS/c24-17-8-6-16(7-9-17)21-14-26-23(28(21)20-12-10-18(25)11-13-20)30-15-22(29)27-19-4-2-1-3-5-19/h1-14H,15H2,(H,27,29). The van der Waals surface area contributed by atoms with E-state index in [1.54, 1.807) is 0 Å². The van der Waals surface area contributed by atoms with Gasteiger partial charge in [0.15, 0.2) is 5.16 Å². The van der Waals surface area contributed by atoms with E-state index in [1.807, 2.05) is 89.6 Å². The molecule has 4 nitrogen and oxygen atoms in total. The first kappa shape index (κ1) is 20.7. The lowest BCUT2D eigenvalue weighted by Crippen LogP contribution is -2.14. The molecule has 1 heterocycles. The molecular formula is C23H17BrClN3OS. The number of halogens is 2. The molecule has 150 valence electrons. The lowest BCUT2D eigenvalue weighted by Gasteiger charge is -2.12. The highest BCUT2D eigenvalue weighted by molar-refractivity contribution is 9.10. The molecule has 0 bridgehead atoms. The monoisotopic (exact) mass is 497 g/mol. The van der Waals surface area contributed by atoms with Gasteiger partial charge in [0.2, 0.25) is 5.91 Å². The predicted octanol–water partition coefficient (Wildman–Crippen LogP) is 6.69. The molecule has 1 N–H and O–H groups in total. The Kier molecular flexibility index (Phi) is 6.57. The zero-order valence-corrected chi connectivity index (χ0v) is 18.9. The molecule has 0 saturated heterocycles. The van der Waals surface area contributed by atoms with Crippen molar-refractivity contribution in [2.75, 3.05) is 11.1 Å². The molecule has 3 aromatic carbocycles. The molecule has 4 rings (SSSR count). The maximum absolute atomic E-state index is 12.4. The summed E-state index contributed by atoms with van der Waals surface area (Å²) in [5.74, 6) is 0.168. The molecule has 0 fully saturated rings. The molecule has 1 amide bonds. The van der Waals surface area contributed by atoms with Gasteiger partial charge in [-0.25, -0.2) is 4.98 Å². The Morgan fingerprint density at radius 2 is 1.70 bits per heavy atom. The molecule has 1 aromatic heterocycles. The minimum absolute atomic E-state index is 0.0814. The number of nitrogens with one attached hydrogen (secondary N) is 1. The molecule has 7 heteroatoms. The van der Waals surface area contributed by atoms with Crippen LogP contribution in [0.25, 0.3) is 16.9 Å². The number of nitrogens with zero attached hydrogens (tertiary/aromatic N) is 2. The molecule has 0 spiro atoms. The number of hydrogen-bond donors (Lipinski definition) is 1. The first-order valence-electron chi connectivity index (χ1n) is 9.17. The van der Waals surface area contributed by atoms with Crippen LogP contribution in [0.4, 0.5) is 5.69 Å². The second-order valence-electron chi connectivity index (χ2n) is 6.45. The van der Waals surface area contributed by atoms with E-state index in [4.69, 9.17) is 11.6 Å². The van der Waals surface area contributed by atoms with Gasteiger partial charge in [-0.3, -0.25) is 9.36 Å². The quantitative estimate of drug-likeness (QED) is 0.301. The molecule has 0 aliphatic rings. The van der Waals surface area contributed by atoms with Gasteiger partial charge >= 0.3 is 0 Å². The van der Waals surface area contributed by atoms with Crippen LogP contribution in [-0.4, -0.2) is 21.2 Å². The fraction of sp³-hybridized carbons (Fsp3) is 0.0435. The second kappa shape index (κ2) is 9.51. The van der Waals surface area contributed by atoms with Crippen molar-refractivity contribution >= 4 is 50.9 Å². The third-order valence-electron chi connectivity index (χ3n) is 4.34. The Labute approximate surface area is 192 Å². The summed E-state index contributed by atoms with van der Waals surface area (Å²) in [7, 11) is 0. The van der Waals surface area contributed by atoms with Crippen LogP contribution in [0.3, 0.4) is 0 Å². The summed E-state index contributed by atoms with van der Waals surface area (Å²) in [6, 6.07) is 25.1. The number of para-hydroxylation sites is 1. The third-order valence-corrected chi connectivity index (χ3v) is 6.08. The van der Waals surface area contributed by atoms with Gasteiger partial charge in [0.05, 0.1) is 17.6 Å². The summed E-state index contributed by atoms with van der Waals surface area (Å²) in [6.07, 6.45) is 1.83. The highest BCUT2D eigenvalue weighted by Crippen LogP contribution is 2.31. The number of aromatic nitrogens is 2. The summed E-state index contributed by atoms with van der Waals surface area (Å²) in [5.41, 5.74) is 3.68. The van der Waals surface area contributed by atoms with Crippen LogP contribution in [0, 0.1) is 0 Å². The van der Waals surface area contributed by atoms with E-state index in [2.05, 4.69) is 26.2 Å². The summed E-state index contributed by atoms with van der Waals surface area (Å²) < 4.78 is 3.05. The molecule has 4 aromatic rings. The highest BCUT2D eigenvalue weighted by atomic mass is 79.9. The molecule has 0 unspecified atom stereocenters. The molecule has 0 radical (unpaired) electrons. The number of amides is 1.